The molecule has 0 saturated heterocycles. The Morgan fingerprint density at radius 2 is 1.38 bits per heavy atom. The summed E-state index contributed by atoms with van der Waals surface area (Å²) in [6.07, 6.45) is 0.310. The van der Waals surface area contributed by atoms with Gasteiger partial charge in [0.15, 0.2) is 10.1 Å². The van der Waals surface area contributed by atoms with Gasteiger partial charge >= 0.3 is 81.6 Å². The maximum Gasteiger partial charge on any atom is 1.00 e. The zero-order valence-electron chi connectivity index (χ0n) is 16.8. The Bertz CT molecular complexity index is 829. The Labute approximate surface area is 227 Å². The number of carbonyl (C=O) groups excluding carboxylic acids is 2. The summed E-state index contributed by atoms with van der Waals surface area (Å²) in [5.74, 6) is -5.33. The van der Waals surface area contributed by atoms with Crippen LogP contribution in [-0.2, 0) is 38.6 Å². The van der Waals surface area contributed by atoms with Gasteiger partial charge in [-0.15, -0.1) is 0 Å². The molecule has 2 atom stereocenters. The summed E-state index contributed by atoms with van der Waals surface area (Å²) in [4.78, 5) is 23.7. The predicted molar refractivity (Wildman–Crippen MR) is 81.7 cm³/mol. The molecule has 0 radical (unpaired) electrons. The van der Waals surface area contributed by atoms with E-state index in [1.807, 2.05) is 0 Å². The molecule has 4 aliphatic rings. The van der Waals surface area contributed by atoms with Gasteiger partial charge in [-0.3, -0.25) is 5.04 Å². The average Bonchev–Trinajstić information content (AvgIpc) is 2.56. The molecule has 0 spiro atoms. The third-order valence-electron chi connectivity index (χ3n) is 5.53. The topological polar surface area (TPSA) is 151 Å². The molecular formula is C14H14F4Na2O10S2. The number of alkyl halides is 4. The third kappa shape index (κ3) is 6.13. The van der Waals surface area contributed by atoms with Gasteiger partial charge in [-0.1, -0.05) is 0 Å². The second kappa shape index (κ2) is 10.4. The first-order chi connectivity index (χ1) is 13.6. The summed E-state index contributed by atoms with van der Waals surface area (Å²) >= 11 is -0.897. The number of ether oxygens (including phenoxy) is 2. The fraction of sp³-hybridized carbons (Fsp3) is 0.857. The second-order valence-electron chi connectivity index (χ2n) is 7.81. The van der Waals surface area contributed by atoms with Gasteiger partial charge in [0, 0.05) is 6.42 Å². The van der Waals surface area contributed by atoms with Gasteiger partial charge in [0.2, 0.25) is 0 Å². The molecule has 18 heteroatoms. The summed E-state index contributed by atoms with van der Waals surface area (Å²) in [5.41, 5.74) is -3.29. The van der Waals surface area contributed by atoms with E-state index in [0.29, 0.717) is 6.42 Å². The van der Waals surface area contributed by atoms with Crippen LogP contribution in [0.5, 0.6) is 0 Å². The van der Waals surface area contributed by atoms with Crippen LogP contribution in [0.25, 0.3) is 0 Å². The smallest absolute Gasteiger partial charge is 0.743 e. The fourth-order valence-electron chi connectivity index (χ4n) is 5.04. The molecule has 0 N–H and O–H groups in total. The minimum atomic E-state index is -6.34. The van der Waals surface area contributed by atoms with Crippen LogP contribution in [-0.4, -0.2) is 46.6 Å². The predicted octanol–water partition coefficient (Wildman–Crippen LogP) is -5.23. The number of esters is 2. The van der Waals surface area contributed by atoms with E-state index in [-0.39, 0.29) is 96.6 Å². The van der Waals surface area contributed by atoms with Crippen LogP contribution >= 0.6 is 12.0 Å². The monoisotopic (exact) mass is 528 g/mol. The minimum absolute atomic E-state index is 0. The average molecular weight is 528 g/mol. The first kappa shape index (κ1) is 30.8. The zero-order chi connectivity index (χ0) is 22.6. The largest absolute Gasteiger partial charge is 1.00 e. The van der Waals surface area contributed by atoms with Crippen LogP contribution in [0, 0.1) is 11.8 Å². The van der Waals surface area contributed by atoms with Crippen molar-refractivity contribution in [1.82, 2.24) is 0 Å². The van der Waals surface area contributed by atoms with E-state index in [1.54, 1.807) is 0 Å². The SMILES string of the molecule is O=C(OC12CC3CC(C1)CC(OC(=O)C(F)(F)S(=O)(=O)[O-])(C3)C2)C(F)(F)SOO[O-].[Na+].[Na+]. The summed E-state index contributed by atoms with van der Waals surface area (Å²) in [7, 11) is -6.34. The Balaban J connectivity index is 0.00000256. The molecule has 4 aliphatic carbocycles. The van der Waals surface area contributed by atoms with Crippen LogP contribution in [0.2, 0.25) is 0 Å². The van der Waals surface area contributed by atoms with Crippen molar-refractivity contribution in [3.63, 3.8) is 0 Å². The van der Waals surface area contributed by atoms with Crippen molar-refractivity contribution in [2.75, 3.05) is 0 Å². The van der Waals surface area contributed by atoms with E-state index in [1.165, 1.54) is 0 Å². The Morgan fingerprint density at radius 3 is 1.78 bits per heavy atom. The van der Waals surface area contributed by atoms with E-state index in [9.17, 15) is 45.4 Å². The molecule has 0 aromatic carbocycles. The number of hydrogen-bond donors (Lipinski definition) is 0. The van der Waals surface area contributed by atoms with Crippen molar-refractivity contribution >= 4 is 34.1 Å². The number of rotatable bonds is 8. The van der Waals surface area contributed by atoms with Gasteiger partial charge in [-0.05, 0) is 43.9 Å². The molecule has 0 heterocycles. The van der Waals surface area contributed by atoms with E-state index < -0.39 is 62.2 Å². The van der Waals surface area contributed by atoms with Crippen LogP contribution in [0.1, 0.15) is 38.5 Å². The van der Waals surface area contributed by atoms with Crippen LogP contribution in [0.3, 0.4) is 0 Å². The summed E-state index contributed by atoms with van der Waals surface area (Å²) in [6, 6.07) is 0. The van der Waals surface area contributed by atoms with Gasteiger partial charge in [0.1, 0.15) is 23.2 Å². The van der Waals surface area contributed by atoms with Gasteiger partial charge in [0.05, 0.1) is 0 Å². The van der Waals surface area contributed by atoms with Gasteiger partial charge in [0.25, 0.3) is 0 Å². The maximum absolute atomic E-state index is 13.7. The summed E-state index contributed by atoms with van der Waals surface area (Å²) < 4.78 is 99.9. The Morgan fingerprint density at radius 1 is 0.938 bits per heavy atom. The van der Waals surface area contributed by atoms with E-state index in [4.69, 9.17) is 9.47 Å². The van der Waals surface area contributed by atoms with Gasteiger partial charge in [-0.2, -0.15) is 21.9 Å². The van der Waals surface area contributed by atoms with E-state index in [0.717, 1.165) is 0 Å². The Hall–Kier alpha value is 0.800. The molecule has 4 fully saturated rings. The number of carbonyl (C=O) groups is 2. The number of halogens is 4. The van der Waals surface area contributed by atoms with Gasteiger partial charge in [-0.25, -0.2) is 18.0 Å². The first-order valence-corrected chi connectivity index (χ1v) is 10.6. The second-order valence-corrected chi connectivity index (χ2v) is 10.0. The normalized spacial score (nSPS) is 31.3. The molecule has 0 aromatic rings. The van der Waals surface area contributed by atoms with Crippen LogP contribution in [0.4, 0.5) is 17.6 Å². The molecule has 0 aliphatic heterocycles. The maximum atomic E-state index is 13.7. The van der Waals surface area contributed by atoms with Crippen molar-refractivity contribution < 1.29 is 123 Å². The molecule has 4 bridgehead atoms. The van der Waals surface area contributed by atoms with E-state index >= 15 is 0 Å². The molecule has 172 valence electrons. The van der Waals surface area contributed by atoms with Crippen LogP contribution in [0.15, 0.2) is 0 Å². The molecule has 4 rings (SSSR count). The van der Waals surface area contributed by atoms with E-state index in [2.05, 4.69) is 9.37 Å². The van der Waals surface area contributed by atoms with Crippen LogP contribution < -0.4 is 64.4 Å². The minimum Gasteiger partial charge on any atom is -0.743 e. The fourth-order valence-corrected chi connectivity index (χ4v) is 5.51. The first-order valence-electron chi connectivity index (χ1n) is 8.46. The van der Waals surface area contributed by atoms with Crippen molar-refractivity contribution in [2.24, 2.45) is 11.8 Å². The van der Waals surface area contributed by atoms with Crippen molar-refractivity contribution in [1.29, 1.82) is 0 Å². The summed E-state index contributed by atoms with van der Waals surface area (Å²) in [5, 5.41) is 2.80. The standard InChI is InChI=1S/C14H16F4O10S2.2Na/c15-13(16,29-28-27-21)9(19)25-11-2-7-1-8(3-11)5-12(4-7,6-11)26-10(20)14(17,18)30(22,23)24;;/h7-8,21H,1-6H2,(H,22,23,24);;/q;2*+1/p-2. The molecule has 0 amide bonds. The molecule has 4 saturated carbocycles. The quantitative estimate of drug-likeness (QED) is 0.0566. The molecule has 2 unspecified atom stereocenters. The van der Waals surface area contributed by atoms with Gasteiger partial charge < -0.3 is 19.3 Å². The molecule has 10 nitrogen and oxygen atoms in total. The van der Waals surface area contributed by atoms with Crippen molar-refractivity contribution in [2.45, 2.75) is 60.2 Å². The third-order valence-corrected chi connectivity index (χ3v) is 6.82. The zero-order valence-corrected chi connectivity index (χ0v) is 22.4. The molecule has 0 aromatic heterocycles. The molecule has 32 heavy (non-hydrogen) atoms. The van der Waals surface area contributed by atoms with Crippen molar-refractivity contribution in [3.05, 3.63) is 0 Å². The number of hydrogen-bond acceptors (Lipinski definition) is 11. The van der Waals surface area contributed by atoms with Crippen molar-refractivity contribution in [3.8, 4) is 0 Å². The molecular weight excluding hydrogens is 514 g/mol. The Kier molecular flexibility index (Phi) is 10.0. The summed E-state index contributed by atoms with van der Waals surface area (Å²) in [6.45, 7) is 0.